The molecule has 0 aliphatic heterocycles. The fourth-order valence-corrected chi connectivity index (χ4v) is 2.28. The Bertz CT molecular complexity index is 301. The summed E-state index contributed by atoms with van der Waals surface area (Å²) in [6.45, 7) is 9.91. The van der Waals surface area contributed by atoms with Crippen LogP contribution in [0.4, 0.5) is 0 Å². The lowest BCUT2D eigenvalue weighted by atomic mass is 10.2. The summed E-state index contributed by atoms with van der Waals surface area (Å²) in [5.41, 5.74) is 1.09. The van der Waals surface area contributed by atoms with E-state index in [0.29, 0.717) is 6.61 Å². The number of hydrogen-bond acceptors (Lipinski definition) is 5. The highest BCUT2D eigenvalue weighted by Crippen LogP contribution is 2.21. The molecule has 1 rings (SSSR count). The van der Waals surface area contributed by atoms with Crippen LogP contribution in [0.2, 0.25) is 0 Å². The van der Waals surface area contributed by atoms with Gasteiger partial charge in [0.25, 0.3) is 0 Å². The Labute approximate surface area is 102 Å². The van der Waals surface area contributed by atoms with Crippen LogP contribution in [0.25, 0.3) is 0 Å². The zero-order valence-corrected chi connectivity index (χ0v) is 11.3. The highest BCUT2D eigenvalue weighted by molar-refractivity contribution is 7.05. The Balaban J connectivity index is 2.68. The van der Waals surface area contributed by atoms with Gasteiger partial charge in [0, 0.05) is 0 Å². The summed E-state index contributed by atoms with van der Waals surface area (Å²) in [5, 5.41) is 7.56. The third-order valence-electron chi connectivity index (χ3n) is 2.28. The Hall–Kier alpha value is -0.520. The predicted molar refractivity (Wildman–Crippen MR) is 66.8 cm³/mol. The number of ether oxygens (including phenoxy) is 1. The van der Waals surface area contributed by atoms with Gasteiger partial charge in [-0.1, -0.05) is 18.3 Å². The molecule has 92 valence electrons. The monoisotopic (exact) mass is 243 g/mol. The molecule has 16 heavy (non-hydrogen) atoms. The first-order chi connectivity index (χ1) is 7.69. The Morgan fingerprint density at radius 3 is 2.69 bits per heavy atom. The van der Waals surface area contributed by atoms with Gasteiger partial charge in [0.05, 0.1) is 29.3 Å². The molecule has 1 heterocycles. The molecule has 0 aliphatic rings. The van der Waals surface area contributed by atoms with Crippen LogP contribution < -0.4 is 5.32 Å². The predicted octanol–water partition coefficient (Wildman–Crippen LogP) is 2.18. The summed E-state index contributed by atoms with van der Waals surface area (Å²) in [5.74, 6) is 0. The first kappa shape index (κ1) is 13.5. The zero-order chi connectivity index (χ0) is 12.0. The quantitative estimate of drug-likeness (QED) is 0.797. The van der Waals surface area contributed by atoms with Crippen molar-refractivity contribution in [2.45, 2.75) is 46.3 Å². The molecule has 0 radical (unpaired) electrons. The second kappa shape index (κ2) is 6.93. The normalized spacial score (nSPS) is 13.3. The summed E-state index contributed by atoms with van der Waals surface area (Å²) in [4.78, 5) is 1.21. The average Bonchev–Trinajstić information content (AvgIpc) is 2.71. The standard InChI is InChI=1S/C11H21N3OS/c1-5-9-11(16-14-13-9)10(12-6-2)7-15-8(3)4/h8,10,12H,5-7H2,1-4H3. The Kier molecular flexibility index (Phi) is 5.87. The number of aromatic nitrogens is 2. The molecule has 1 aromatic rings. The number of likely N-dealkylation sites (N-methyl/N-ethyl adjacent to an activating group) is 1. The van der Waals surface area contributed by atoms with Crippen LogP contribution in [0.15, 0.2) is 0 Å². The van der Waals surface area contributed by atoms with Gasteiger partial charge < -0.3 is 10.1 Å². The molecule has 1 unspecified atom stereocenters. The van der Waals surface area contributed by atoms with Crippen molar-refractivity contribution in [1.29, 1.82) is 0 Å². The van der Waals surface area contributed by atoms with Gasteiger partial charge in [-0.15, -0.1) is 5.10 Å². The van der Waals surface area contributed by atoms with E-state index in [1.165, 1.54) is 16.4 Å². The van der Waals surface area contributed by atoms with Crippen molar-refractivity contribution in [3.05, 3.63) is 10.6 Å². The number of nitrogens with one attached hydrogen (secondary N) is 1. The highest BCUT2D eigenvalue weighted by Gasteiger charge is 2.18. The summed E-state index contributed by atoms with van der Waals surface area (Å²) >= 11 is 1.47. The molecule has 0 bridgehead atoms. The van der Waals surface area contributed by atoms with E-state index in [9.17, 15) is 0 Å². The number of hydrogen-bond donors (Lipinski definition) is 1. The van der Waals surface area contributed by atoms with Crippen molar-refractivity contribution in [2.24, 2.45) is 0 Å². The molecule has 0 saturated heterocycles. The Morgan fingerprint density at radius 2 is 2.12 bits per heavy atom. The first-order valence-corrected chi connectivity index (χ1v) is 6.62. The molecule has 0 amide bonds. The van der Waals surface area contributed by atoms with Crippen LogP contribution in [0.3, 0.4) is 0 Å². The molecule has 0 aliphatic carbocycles. The van der Waals surface area contributed by atoms with Crippen LogP contribution in [0.5, 0.6) is 0 Å². The van der Waals surface area contributed by atoms with Crippen LogP contribution >= 0.6 is 11.5 Å². The molecule has 1 N–H and O–H groups in total. The number of nitrogens with zero attached hydrogens (tertiary/aromatic N) is 2. The van der Waals surface area contributed by atoms with Gasteiger partial charge in [-0.3, -0.25) is 0 Å². The fraction of sp³-hybridized carbons (Fsp3) is 0.818. The maximum absolute atomic E-state index is 5.67. The third kappa shape index (κ3) is 3.81. The Morgan fingerprint density at radius 1 is 1.38 bits per heavy atom. The second-order valence-electron chi connectivity index (χ2n) is 3.93. The van der Waals surface area contributed by atoms with E-state index in [2.05, 4.69) is 42.6 Å². The lowest BCUT2D eigenvalue weighted by molar-refractivity contribution is 0.0619. The molecule has 1 atom stereocenters. The van der Waals surface area contributed by atoms with E-state index < -0.39 is 0 Å². The van der Waals surface area contributed by atoms with E-state index in [0.717, 1.165) is 18.7 Å². The highest BCUT2D eigenvalue weighted by atomic mass is 32.1. The van der Waals surface area contributed by atoms with Gasteiger partial charge in [-0.2, -0.15) is 0 Å². The van der Waals surface area contributed by atoms with E-state index in [1.807, 2.05) is 0 Å². The second-order valence-corrected chi connectivity index (χ2v) is 4.72. The minimum Gasteiger partial charge on any atom is -0.377 e. The molecule has 1 aromatic heterocycles. The minimum atomic E-state index is 0.224. The molecule has 0 saturated carbocycles. The van der Waals surface area contributed by atoms with E-state index in [1.54, 1.807) is 0 Å². The SMILES string of the molecule is CCNC(COC(C)C)c1snnc1CC. The smallest absolute Gasteiger partial charge is 0.0801 e. The van der Waals surface area contributed by atoms with Gasteiger partial charge >= 0.3 is 0 Å². The van der Waals surface area contributed by atoms with Crippen molar-refractivity contribution >= 4 is 11.5 Å². The average molecular weight is 243 g/mol. The summed E-state index contributed by atoms with van der Waals surface area (Å²) < 4.78 is 9.69. The first-order valence-electron chi connectivity index (χ1n) is 5.85. The van der Waals surface area contributed by atoms with E-state index >= 15 is 0 Å². The van der Waals surface area contributed by atoms with Crippen molar-refractivity contribution in [1.82, 2.24) is 14.9 Å². The van der Waals surface area contributed by atoms with Crippen LogP contribution in [-0.2, 0) is 11.2 Å². The molecule has 5 heteroatoms. The molecule has 4 nitrogen and oxygen atoms in total. The van der Waals surface area contributed by atoms with Crippen LogP contribution in [0, 0.1) is 0 Å². The van der Waals surface area contributed by atoms with Crippen molar-refractivity contribution in [2.75, 3.05) is 13.2 Å². The largest absolute Gasteiger partial charge is 0.377 e. The minimum absolute atomic E-state index is 0.224. The van der Waals surface area contributed by atoms with Crippen molar-refractivity contribution in [3.8, 4) is 0 Å². The third-order valence-corrected chi connectivity index (χ3v) is 3.16. The lowest BCUT2D eigenvalue weighted by Crippen LogP contribution is -2.26. The van der Waals surface area contributed by atoms with Gasteiger partial charge in [0.15, 0.2) is 0 Å². The van der Waals surface area contributed by atoms with Crippen molar-refractivity contribution < 1.29 is 4.74 Å². The molecular weight excluding hydrogens is 222 g/mol. The molecule has 0 spiro atoms. The number of aryl methyl sites for hydroxylation is 1. The van der Waals surface area contributed by atoms with E-state index in [-0.39, 0.29) is 12.1 Å². The maximum Gasteiger partial charge on any atom is 0.0801 e. The fourth-order valence-electron chi connectivity index (χ4n) is 1.49. The summed E-state index contributed by atoms with van der Waals surface area (Å²) in [7, 11) is 0. The summed E-state index contributed by atoms with van der Waals surface area (Å²) in [6.07, 6.45) is 1.18. The molecular formula is C11H21N3OS. The topological polar surface area (TPSA) is 47.0 Å². The van der Waals surface area contributed by atoms with Gasteiger partial charge in [0.2, 0.25) is 0 Å². The lowest BCUT2D eigenvalue weighted by Gasteiger charge is -2.18. The van der Waals surface area contributed by atoms with Gasteiger partial charge in [0.1, 0.15) is 0 Å². The van der Waals surface area contributed by atoms with Gasteiger partial charge in [-0.25, -0.2) is 0 Å². The zero-order valence-electron chi connectivity index (χ0n) is 10.5. The van der Waals surface area contributed by atoms with Gasteiger partial charge in [-0.05, 0) is 38.3 Å². The number of rotatable bonds is 7. The molecule has 0 aromatic carbocycles. The van der Waals surface area contributed by atoms with Crippen molar-refractivity contribution in [3.63, 3.8) is 0 Å². The van der Waals surface area contributed by atoms with E-state index in [4.69, 9.17) is 4.74 Å². The van der Waals surface area contributed by atoms with Crippen LogP contribution in [-0.4, -0.2) is 28.8 Å². The molecule has 0 fully saturated rings. The maximum atomic E-state index is 5.67. The summed E-state index contributed by atoms with van der Waals surface area (Å²) in [6, 6.07) is 0.224. The van der Waals surface area contributed by atoms with Crippen LogP contribution in [0.1, 0.15) is 44.3 Å².